The molecular weight excluding hydrogens is 122 g/mol. The predicted molar refractivity (Wildman–Crippen MR) is 36.1 cm³/mol. The Balaban J connectivity index is 2.13. The summed E-state index contributed by atoms with van der Waals surface area (Å²) in [5.74, 6) is 0. The fourth-order valence-electron chi connectivity index (χ4n) is 0.693. The van der Waals surface area contributed by atoms with Gasteiger partial charge in [-0.1, -0.05) is 0 Å². The molecule has 1 unspecified atom stereocenters. The van der Waals surface area contributed by atoms with Crippen molar-refractivity contribution in [3.05, 3.63) is 0 Å². The summed E-state index contributed by atoms with van der Waals surface area (Å²) in [7, 11) is 0. The van der Waals surface area contributed by atoms with Crippen molar-refractivity contribution in [2.45, 2.75) is 5.44 Å². The molecule has 8 heavy (non-hydrogen) atoms. The first-order chi connectivity index (χ1) is 3.93. The number of morpholine rings is 1. The number of thioether (sulfide) groups is 1. The van der Waals surface area contributed by atoms with Gasteiger partial charge in [0.15, 0.2) is 0 Å². The molecule has 0 aliphatic carbocycles. The van der Waals surface area contributed by atoms with Crippen LogP contribution in [0.15, 0.2) is 0 Å². The second-order valence-corrected chi connectivity index (χ2v) is 2.74. The summed E-state index contributed by atoms with van der Waals surface area (Å²) in [5.41, 5.74) is 0.392. The molecular formula is C5H11NOS. The van der Waals surface area contributed by atoms with Gasteiger partial charge >= 0.3 is 0 Å². The zero-order valence-corrected chi connectivity index (χ0v) is 5.83. The molecule has 1 saturated heterocycles. The van der Waals surface area contributed by atoms with Gasteiger partial charge in [0.25, 0.3) is 0 Å². The van der Waals surface area contributed by atoms with Crippen molar-refractivity contribution in [1.29, 1.82) is 0 Å². The van der Waals surface area contributed by atoms with Crippen molar-refractivity contribution in [3.8, 4) is 0 Å². The van der Waals surface area contributed by atoms with Crippen LogP contribution in [0.25, 0.3) is 0 Å². The molecule has 0 bridgehead atoms. The molecule has 1 N–H and O–H groups in total. The minimum Gasteiger partial charge on any atom is -0.365 e. The summed E-state index contributed by atoms with van der Waals surface area (Å²) >= 11 is 1.76. The third-order valence-electron chi connectivity index (χ3n) is 1.16. The zero-order valence-electron chi connectivity index (χ0n) is 5.02. The van der Waals surface area contributed by atoms with Gasteiger partial charge in [0.2, 0.25) is 0 Å². The number of nitrogens with one attached hydrogen (secondary N) is 1. The third-order valence-corrected chi connectivity index (χ3v) is 1.99. The van der Waals surface area contributed by atoms with Crippen molar-refractivity contribution in [1.82, 2.24) is 5.32 Å². The molecule has 3 heteroatoms. The lowest BCUT2D eigenvalue weighted by molar-refractivity contribution is 0.0855. The minimum atomic E-state index is 0.392. The van der Waals surface area contributed by atoms with E-state index < -0.39 is 0 Å². The summed E-state index contributed by atoms with van der Waals surface area (Å²) in [6, 6.07) is 0. The summed E-state index contributed by atoms with van der Waals surface area (Å²) in [4.78, 5) is 0. The van der Waals surface area contributed by atoms with Gasteiger partial charge in [-0.15, -0.1) is 11.8 Å². The first-order valence-corrected chi connectivity index (χ1v) is 4.07. The summed E-state index contributed by atoms with van der Waals surface area (Å²) in [6.07, 6.45) is 2.07. The number of ether oxygens (including phenoxy) is 1. The van der Waals surface area contributed by atoms with Crippen molar-refractivity contribution in [2.75, 3.05) is 26.0 Å². The highest BCUT2D eigenvalue weighted by molar-refractivity contribution is 7.99. The zero-order chi connectivity index (χ0) is 5.82. The maximum absolute atomic E-state index is 5.33. The molecule has 1 aliphatic heterocycles. The van der Waals surface area contributed by atoms with Crippen LogP contribution < -0.4 is 5.32 Å². The Morgan fingerprint density at radius 3 is 3.00 bits per heavy atom. The molecule has 0 saturated carbocycles. The number of rotatable bonds is 1. The van der Waals surface area contributed by atoms with Crippen molar-refractivity contribution < 1.29 is 4.74 Å². The van der Waals surface area contributed by atoms with Crippen LogP contribution in [0.2, 0.25) is 0 Å². The Morgan fingerprint density at radius 2 is 2.62 bits per heavy atom. The van der Waals surface area contributed by atoms with E-state index in [0.717, 1.165) is 19.7 Å². The van der Waals surface area contributed by atoms with Crippen molar-refractivity contribution in [2.24, 2.45) is 0 Å². The maximum Gasteiger partial charge on any atom is 0.115 e. The molecule has 1 fully saturated rings. The fraction of sp³-hybridized carbons (Fsp3) is 1.00. The Labute approximate surface area is 54.0 Å². The molecule has 0 aromatic rings. The van der Waals surface area contributed by atoms with Gasteiger partial charge in [0.1, 0.15) is 5.44 Å². The first-order valence-electron chi connectivity index (χ1n) is 2.78. The van der Waals surface area contributed by atoms with Crippen LogP contribution in [0.1, 0.15) is 0 Å². The monoisotopic (exact) mass is 133 g/mol. The number of hydrogen-bond donors (Lipinski definition) is 1. The Hall–Kier alpha value is 0.270. The molecule has 0 aromatic heterocycles. The molecule has 0 aromatic carbocycles. The lowest BCUT2D eigenvalue weighted by Crippen LogP contribution is -2.36. The molecule has 1 heterocycles. The quantitative estimate of drug-likeness (QED) is 0.555. The van der Waals surface area contributed by atoms with E-state index in [2.05, 4.69) is 11.6 Å². The van der Waals surface area contributed by atoms with Crippen LogP contribution in [0.5, 0.6) is 0 Å². The Morgan fingerprint density at radius 1 is 1.75 bits per heavy atom. The molecule has 0 spiro atoms. The van der Waals surface area contributed by atoms with Gasteiger partial charge in [-0.05, 0) is 6.26 Å². The summed E-state index contributed by atoms with van der Waals surface area (Å²) in [6.45, 7) is 2.88. The molecule has 0 radical (unpaired) electrons. The van der Waals surface area contributed by atoms with E-state index in [0.29, 0.717) is 5.44 Å². The molecule has 1 atom stereocenters. The third kappa shape index (κ3) is 1.65. The van der Waals surface area contributed by atoms with Crippen LogP contribution in [0.3, 0.4) is 0 Å². The second kappa shape index (κ2) is 3.33. The smallest absolute Gasteiger partial charge is 0.115 e. The van der Waals surface area contributed by atoms with E-state index in [1.54, 1.807) is 11.8 Å². The van der Waals surface area contributed by atoms with E-state index in [9.17, 15) is 0 Å². The SMILES string of the molecule is CSC1CNCCO1. The molecule has 1 rings (SSSR count). The highest BCUT2D eigenvalue weighted by atomic mass is 32.2. The lowest BCUT2D eigenvalue weighted by Gasteiger charge is -2.21. The summed E-state index contributed by atoms with van der Waals surface area (Å²) < 4.78 is 5.33. The van der Waals surface area contributed by atoms with Crippen molar-refractivity contribution >= 4 is 11.8 Å². The average molecular weight is 133 g/mol. The minimum absolute atomic E-state index is 0.392. The van der Waals surface area contributed by atoms with E-state index in [1.807, 2.05) is 0 Å². The number of hydrogen-bond acceptors (Lipinski definition) is 3. The largest absolute Gasteiger partial charge is 0.365 e. The van der Waals surface area contributed by atoms with Gasteiger partial charge in [-0.25, -0.2) is 0 Å². The predicted octanol–water partition coefficient (Wildman–Crippen LogP) is 0.295. The summed E-state index contributed by atoms with van der Waals surface area (Å²) in [5, 5.41) is 3.24. The molecule has 2 nitrogen and oxygen atoms in total. The average Bonchev–Trinajstić information content (AvgIpc) is 1.90. The van der Waals surface area contributed by atoms with Crippen LogP contribution in [0, 0.1) is 0 Å². The molecule has 1 aliphatic rings. The second-order valence-electron chi connectivity index (χ2n) is 1.74. The van der Waals surface area contributed by atoms with Gasteiger partial charge < -0.3 is 10.1 Å². The van der Waals surface area contributed by atoms with E-state index in [1.165, 1.54) is 0 Å². The van der Waals surface area contributed by atoms with Crippen molar-refractivity contribution in [3.63, 3.8) is 0 Å². The van der Waals surface area contributed by atoms with Crippen LogP contribution in [-0.4, -0.2) is 31.4 Å². The fourth-order valence-corrected chi connectivity index (χ4v) is 1.21. The highest BCUT2D eigenvalue weighted by Crippen LogP contribution is 2.08. The van der Waals surface area contributed by atoms with Crippen LogP contribution >= 0.6 is 11.8 Å². The Bertz CT molecular complexity index is 63.4. The standard InChI is InChI=1S/C5H11NOS/c1-8-5-4-6-2-3-7-5/h5-6H,2-4H2,1H3. The van der Waals surface area contributed by atoms with Gasteiger partial charge in [0, 0.05) is 13.1 Å². The normalized spacial score (nSPS) is 30.4. The van der Waals surface area contributed by atoms with Gasteiger partial charge in [-0.2, -0.15) is 0 Å². The van der Waals surface area contributed by atoms with Crippen LogP contribution in [-0.2, 0) is 4.74 Å². The van der Waals surface area contributed by atoms with Gasteiger partial charge in [0.05, 0.1) is 6.61 Å². The molecule has 0 amide bonds. The van der Waals surface area contributed by atoms with E-state index in [4.69, 9.17) is 4.74 Å². The Kier molecular flexibility index (Phi) is 2.66. The lowest BCUT2D eigenvalue weighted by atomic mass is 10.5. The topological polar surface area (TPSA) is 21.3 Å². The highest BCUT2D eigenvalue weighted by Gasteiger charge is 2.09. The molecule has 48 valence electrons. The maximum atomic E-state index is 5.33. The first kappa shape index (κ1) is 6.39. The van der Waals surface area contributed by atoms with E-state index >= 15 is 0 Å². The van der Waals surface area contributed by atoms with Gasteiger partial charge in [-0.3, -0.25) is 0 Å². The van der Waals surface area contributed by atoms with E-state index in [-0.39, 0.29) is 0 Å². The van der Waals surface area contributed by atoms with Crippen LogP contribution in [0.4, 0.5) is 0 Å².